The predicted molar refractivity (Wildman–Crippen MR) is 69.6 cm³/mol. The van der Waals surface area contributed by atoms with Crippen molar-refractivity contribution in [1.82, 2.24) is 25.5 Å². The largest absolute Gasteiger partial charge is 0.461 e. The lowest BCUT2D eigenvalue weighted by atomic mass is 10.3. The highest BCUT2D eigenvalue weighted by Crippen LogP contribution is 2.14. The number of nitrogens with zero attached hydrogens (tertiary/aromatic N) is 4. The van der Waals surface area contributed by atoms with Crippen LogP contribution in [0.1, 0.15) is 19.4 Å². The summed E-state index contributed by atoms with van der Waals surface area (Å²) >= 11 is 0. The van der Waals surface area contributed by atoms with Gasteiger partial charge in [-0.25, -0.2) is 0 Å². The molecule has 0 saturated heterocycles. The molecule has 2 rings (SSSR count). The van der Waals surface area contributed by atoms with Gasteiger partial charge in [0.05, 0.1) is 12.3 Å². The number of hydrogen-bond acceptors (Lipinski definition) is 6. The summed E-state index contributed by atoms with van der Waals surface area (Å²) in [7, 11) is 1.71. The van der Waals surface area contributed by atoms with Crippen molar-refractivity contribution in [2.75, 3.05) is 26.8 Å². The van der Waals surface area contributed by atoms with Gasteiger partial charge in [-0.1, -0.05) is 0 Å². The van der Waals surface area contributed by atoms with Gasteiger partial charge in [0, 0.05) is 20.3 Å². The molecule has 104 valence electrons. The van der Waals surface area contributed by atoms with Gasteiger partial charge in [-0.15, -0.1) is 10.2 Å². The molecule has 1 atom stereocenters. The number of aromatic nitrogens is 4. The second kappa shape index (κ2) is 7.01. The molecule has 0 fully saturated rings. The van der Waals surface area contributed by atoms with Gasteiger partial charge >= 0.3 is 0 Å². The van der Waals surface area contributed by atoms with E-state index in [4.69, 9.17) is 9.15 Å². The number of furan rings is 1. The average Bonchev–Trinajstić information content (AvgIpc) is 3.08. The summed E-state index contributed by atoms with van der Waals surface area (Å²) in [4.78, 5) is 1.60. The minimum atomic E-state index is 0.138. The highest BCUT2D eigenvalue weighted by atomic mass is 16.5. The van der Waals surface area contributed by atoms with E-state index < -0.39 is 0 Å². The summed E-state index contributed by atoms with van der Waals surface area (Å²) in [5, 5.41) is 15.6. The molecule has 2 aromatic heterocycles. The van der Waals surface area contributed by atoms with E-state index >= 15 is 0 Å². The van der Waals surface area contributed by atoms with Crippen LogP contribution in [0.15, 0.2) is 22.8 Å². The highest BCUT2D eigenvalue weighted by molar-refractivity contribution is 5.43. The Balaban J connectivity index is 1.81. The Morgan fingerprint density at radius 3 is 3.16 bits per heavy atom. The number of methoxy groups -OCH3 is 1. The quantitative estimate of drug-likeness (QED) is 0.721. The first kappa shape index (κ1) is 13.7. The van der Waals surface area contributed by atoms with Gasteiger partial charge in [0.15, 0.2) is 5.76 Å². The molecule has 1 N–H and O–H groups in total. The molecular formula is C12H19N5O2. The SMILES string of the molecule is COCCCNCC(C)n1nnc(-c2ccco2)n1. The van der Waals surface area contributed by atoms with E-state index in [9.17, 15) is 0 Å². The van der Waals surface area contributed by atoms with Gasteiger partial charge in [0.2, 0.25) is 5.82 Å². The van der Waals surface area contributed by atoms with Gasteiger partial charge < -0.3 is 14.5 Å². The summed E-state index contributed by atoms with van der Waals surface area (Å²) in [5.41, 5.74) is 0. The maximum absolute atomic E-state index is 5.23. The fourth-order valence-corrected chi connectivity index (χ4v) is 1.65. The summed E-state index contributed by atoms with van der Waals surface area (Å²) in [5.74, 6) is 1.14. The molecule has 0 aliphatic carbocycles. The Morgan fingerprint density at radius 2 is 2.42 bits per heavy atom. The van der Waals surface area contributed by atoms with Crippen molar-refractivity contribution in [2.45, 2.75) is 19.4 Å². The van der Waals surface area contributed by atoms with Gasteiger partial charge in [-0.05, 0) is 37.2 Å². The Bertz CT molecular complexity index is 468. The summed E-state index contributed by atoms with van der Waals surface area (Å²) < 4.78 is 10.2. The number of rotatable bonds is 8. The van der Waals surface area contributed by atoms with E-state index in [2.05, 4.69) is 20.7 Å². The van der Waals surface area contributed by atoms with Crippen LogP contribution in [0.2, 0.25) is 0 Å². The number of nitrogens with one attached hydrogen (secondary N) is 1. The van der Waals surface area contributed by atoms with Crippen LogP contribution in [-0.4, -0.2) is 47.0 Å². The molecule has 2 aromatic rings. The molecule has 1 unspecified atom stereocenters. The van der Waals surface area contributed by atoms with Crippen molar-refractivity contribution in [1.29, 1.82) is 0 Å². The molecule has 0 spiro atoms. The molecule has 7 nitrogen and oxygen atoms in total. The normalized spacial score (nSPS) is 12.7. The van der Waals surface area contributed by atoms with E-state index in [0.717, 1.165) is 26.1 Å². The van der Waals surface area contributed by atoms with Gasteiger partial charge in [0.1, 0.15) is 0 Å². The molecule has 7 heteroatoms. The van der Waals surface area contributed by atoms with Crippen LogP contribution in [0.3, 0.4) is 0 Å². The van der Waals surface area contributed by atoms with Crippen molar-refractivity contribution in [3.63, 3.8) is 0 Å². The van der Waals surface area contributed by atoms with Crippen LogP contribution in [0.4, 0.5) is 0 Å². The molecule has 0 saturated carbocycles. The zero-order valence-electron chi connectivity index (χ0n) is 11.2. The minimum Gasteiger partial charge on any atom is -0.461 e. The van der Waals surface area contributed by atoms with Crippen LogP contribution in [0.5, 0.6) is 0 Å². The van der Waals surface area contributed by atoms with E-state index in [1.54, 1.807) is 24.2 Å². The van der Waals surface area contributed by atoms with Crippen molar-refractivity contribution >= 4 is 0 Å². The number of tetrazole rings is 1. The molecule has 0 bridgehead atoms. The molecule has 19 heavy (non-hydrogen) atoms. The molecular weight excluding hydrogens is 246 g/mol. The first-order chi connectivity index (χ1) is 9.31. The lowest BCUT2D eigenvalue weighted by Gasteiger charge is -2.10. The third-order valence-electron chi connectivity index (χ3n) is 2.71. The summed E-state index contributed by atoms with van der Waals surface area (Å²) in [6, 6.07) is 3.75. The van der Waals surface area contributed by atoms with Crippen molar-refractivity contribution < 1.29 is 9.15 Å². The monoisotopic (exact) mass is 265 g/mol. The van der Waals surface area contributed by atoms with E-state index in [1.807, 2.05) is 13.0 Å². The lowest BCUT2D eigenvalue weighted by molar-refractivity contribution is 0.193. The first-order valence-corrected chi connectivity index (χ1v) is 6.34. The molecule has 0 amide bonds. The van der Waals surface area contributed by atoms with E-state index in [1.165, 1.54) is 0 Å². The lowest BCUT2D eigenvalue weighted by Crippen LogP contribution is -2.26. The van der Waals surface area contributed by atoms with E-state index in [0.29, 0.717) is 11.6 Å². The number of ether oxygens (including phenoxy) is 1. The molecule has 2 heterocycles. The Morgan fingerprint density at radius 1 is 1.53 bits per heavy atom. The second-order valence-electron chi connectivity index (χ2n) is 4.31. The maximum Gasteiger partial charge on any atom is 0.240 e. The van der Waals surface area contributed by atoms with Crippen LogP contribution in [0, 0.1) is 0 Å². The molecule has 0 radical (unpaired) electrons. The van der Waals surface area contributed by atoms with Gasteiger partial charge in [0.25, 0.3) is 0 Å². The minimum absolute atomic E-state index is 0.138. The van der Waals surface area contributed by atoms with Crippen LogP contribution >= 0.6 is 0 Å². The standard InChI is InChI=1S/C12H19N5O2/c1-10(9-13-6-4-7-18-2)17-15-12(14-16-17)11-5-3-8-19-11/h3,5,8,10,13H,4,6-7,9H2,1-2H3. The van der Waals surface area contributed by atoms with Crippen LogP contribution < -0.4 is 5.32 Å². The van der Waals surface area contributed by atoms with Crippen molar-refractivity contribution in [2.24, 2.45) is 0 Å². The van der Waals surface area contributed by atoms with E-state index in [-0.39, 0.29) is 6.04 Å². The van der Waals surface area contributed by atoms with Crippen LogP contribution in [-0.2, 0) is 4.74 Å². The topological polar surface area (TPSA) is 78.0 Å². The average molecular weight is 265 g/mol. The Hall–Kier alpha value is -1.73. The molecule has 0 aliphatic heterocycles. The van der Waals surface area contributed by atoms with Gasteiger partial charge in [-0.2, -0.15) is 4.80 Å². The first-order valence-electron chi connectivity index (χ1n) is 6.34. The zero-order chi connectivity index (χ0) is 13.5. The summed E-state index contributed by atoms with van der Waals surface area (Å²) in [6.07, 6.45) is 2.59. The smallest absolute Gasteiger partial charge is 0.240 e. The number of hydrogen-bond donors (Lipinski definition) is 1. The Labute approximate surface area is 111 Å². The summed E-state index contributed by atoms with van der Waals surface area (Å²) in [6.45, 7) is 4.51. The van der Waals surface area contributed by atoms with Gasteiger partial charge in [-0.3, -0.25) is 0 Å². The van der Waals surface area contributed by atoms with Crippen molar-refractivity contribution in [3.8, 4) is 11.6 Å². The third-order valence-corrected chi connectivity index (χ3v) is 2.71. The fourth-order valence-electron chi connectivity index (χ4n) is 1.65. The third kappa shape index (κ3) is 3.87. The van der Waals surface area contributed by atoms with Crippen molar-refractivity contribution in [3.05, 3.63) is 18.4 Å². The highest BCUT2D eigenvalue weighted by Gasteiger charge is 2.12. The zero-order valence-corrected chi connectivity index (χ0v) is 11.2. The molecule has 0 aromatic carbocycles. The van der Waals surface area contributed by atoms with Crippen LogP contribution in [0.25, 0.3) is 11.6 Å². The maximum atomic E-state index is 5.23. The second-order valence-corrected chi connectivity index (χ2v) is 4.31. The Kier molecular flexibility index (Phi) is 5.05. The fraction of sp³-hybridized carbons (Fsp3) is 0.583. The molecule has 0 aliphatic rings. The predicted octanol–water partition coefficient (Wildman–Crippen LogP) is 1.12.